The molecule has 29 heavy (non-hydrogen) atoms. The minimum atomic E-state index is 0.750. The summed E-state index contributed by atoms with van der Waals surface area (Å²) in [7, 11) is 0. The first-order valence-corrected chi connectivity index (χ1v) is 10.1. The number of hydrogen-bond donors (Lipinski definition) is 1. The second-order valence-corrected chi connectivity index (χ2v) is 7.51. The smallest absolute Gasteiger partial charge is 0.159 e. The first-order valence-electron chi connectivity index (χ1n) is 10.1. The van der Waals surface area contributed by atoms with Crippen molar-refractivity contribution in [1.29, 1.82) is 0 Å². The van der Waals surface area contributed by atoms with Crippen LogP contribution < -0.4 is 5.73 Å². The Bertz CT molecular complexity index is 1160. The fraction of sp³-hybridized carbons (Fsp3) is 0.261. The second-order valence-electron chi connectivity index (χ2n) is 7.51. The zero-order valence-electron chi connectivity index (χ0n) is 16.5. The van der Waals surface area contributed by atoms with Gasteiger partial charge in [0.25, 0.3) is 0 Å². The molecule has 2 aromatic heterocycles. The van der Waals surface area contributed by atoms with Crippen LogP contribution >= 0.6 is 0 Å². The van der Waals surface area contributed by atoms with Gasteiger partial charge >= 0.3 is 0 Å². The van der Waals surface area contributed by atoms with E-state index in [0.29, 0.717) is 0 Å². The van der Waals surface area contributed by atoms with Crippen LogP contribution in [0, 0.1) is 0 Å². The lowest BCUT2D eigenvalue weighted by Crippen LogP contribution is -2.32. The summed E-state index contributed by atoms with van der Waals surface area (Å²) in [5.41, 5.74) is 12.2. The Hall–Kier alpha value is -3.25. The summed E-state index contributed by atoms with van der Waals surface area (Å²) in [6.07, 6.45) is 2.90. The van der Waals surface area contributed by atoms with Crippen LogP contribution in [0.15, 0.2) is 54.7 Å². The number of aromatic nitrogens is 4. The predicted molar refractivity (Wildman–Crippen MR) is 115 cm³/mol. The highest BCUT2D eigenvalue weighted by atomic mass is 15.2. The zero-order chi connectivity index (χ0) is 19.8. The van der Waals surface area contributed by atoms with Crippen LogP contribution in [0.5, 0.6) is 0 Å². The summed E-state index contributed by atoms with van der Waals surface area (Å²) in [6, 6.07) is 16.1. The van der Waals surface area contributed by atoms with E-state index in [-0.39, 0.29) is 0 Å². The van der Waals surface area contributed by atoms with Gasteiger partial charge in [-0.3, -0.25) is 4.90 Å². The van der Waals surface area contributed by atoms with Gasteiger partial charge in [0.05, 0.1) is 23.3 Å². The van der Waals surface area contributed by atoms with E-state index in [4.69, 9.17) is 15.7 Å². The van der Waals surface area contributed by atoms with E-state index in [1.54, 1.807) is 0 Å². The lowest BCUT2D eigenvalue weighted by Gasteiger charge is -2.27. The predicted octanol–water partition coefficient (Wildman–Crippen LogP) is 3.65. The second kappa shape index (κ2) is 7.29. The molecule has 6 nitrogen and oxygen atoms in total. The van der Waals surface area contributed by atoms with Crippen molar-refractivity contribution in [2.24, 2.45) is 0 Å². The van der Waals surface area contributed by atoms with Gasteiger partial charge in [-0.1, -0.05) is 12.1 Å². The van der Waals surface area contributed by atoms with E-state index in [0.717, 1.165) is 66.7 Å². The van der Waals surface area contributed by atoms with Gasteiger partial charge in [0, 0.05) is 49.1 Å². The van der Waals surface area contributed by atoms with Crippen LogP contribution in [-0.4, -0.2) is 31.0 Å². The highest BCUT2D eigenvalue weighted by Gasteiger charge is 2.21. The first kappa shape index (κ1) is 17.8. The SMILES string of the molecule is CCn1c(CN2CCc3nc(-c4ccc(N)cc4)ncc3C2)nc2ccccc21. The molecule has 0 fully saturated rings. The Morgan fingerprint density at radius 2 is 1.86 bits per heavy atom. The van der Waals surface area contributed by atoms with Gasteiger partial charge in [-0.25, -0.2) is 15.0 Å². The molecule has 2 N–H and O–H groups in total. The molecule has 2 aromatic carbocycles. The molecule has 0 atom stereocenters. The lowest BCUT2D eigenvalue weighted by atomic mass is 10.1. The molecule has 0 aliphatic carbocycles. The highest BCUT2D eigenvalue weighted by Crippen LogP contribution is 2.24. The summed E-state index contributed by atoms with van der Waals surface area (Å²) in [4.78, 5) is 16.7. The fourth-order valence-corrected chi connectivity index (χ4v) is 4.08. The summed E-state index contributed by atoms with van der Waals surface area (Å²) in [5.74, 6) is 1.89. The van der Waals surface area contributed by atoms with Gasteiger partial charge in [-0.2, -0.15) is 0 Å². The maximum absolute atomic E-state index is 5.79. The van der Waals surface area contributed by atoms with Gasteiger partial charge in [-0.15, -0.1) is 0 Å². The lowest BCUT2D eigenvalue weighted by molar-refractivity contribution is 0.234. The van der Waals surface area contributed by atoms with Crippen LogP contribution in [0.2, 0.25) is 0 Å². The minimum absolute atomic E-state index is 0.750. The summed E-state index contributed by atoms with van der Waals surface area (Å²) in [6.45, 7) is 5.76. The third-order valence-corrected chi connectivity index (χ3v) is 5.60. The summed E-state index contributed by atoms with van der Waals surface area (Å²) in [5, 5.41) is 0. The average molecular weight is 384 g/mol. The number of anilines is 1. The number of nitrogens with two attached hydrogens (primary N) is 1. The number of fused-ring (bicyclic) bond motifs is 2. The van der Waals surface area contributed by atoms with Crippen molar-refractivity contribution in [3.05, 3.63) is 71.8 Å². The Balaban J connectivity index is 1.37. The van der Waals surface area contributed by atoms with Crippen LogP contribution in [0.25, 0.3) is 22.4 Å². The summed E-state index contributed by atoms with van der Waals surface area (Å²) < 4.78 is 2.31. The Morgan fingerprint density at radius 3 is 2.69 bits per heavy atom. The van der Waals surface area contributed by atoms with Crippen LogP contribution in [0.1, 0.15) is 24.0 Å². The standard InChI is InChI=1S/C23H24N6/c1-2-29-21-6-4-3-5-20(21)26-22(29)15-28-12-11-19-17(14-28)13-25-23(27-19)16-7-9-18(24)10-8-16/h3-10,13H,2,11-12,14-15,24H2,1H3. The van der Waals surface area contributed by atoms with Gasteiger partial charge in [0.2, 0.25) is 0 Å². The van der Waals surface area contributed by atoms with Gasteiger partial charge < -0.3 is 10.3 Å². The van der Waals surface area contributed by atoms with E-state index in [9.17, 15) is 0 Å². The molecule has 146 valence electrons. The number of nitrogens with zero attached hydrogens (tertiary/aromatic N) is 5. The zero-order valence-corrected chi connectivity index (χ0v) is 16.5. The number of hydrogen-bond acceptors (Lipinski definition) is 5. The highest BCUT2D eigenvalue weighted by molar-refractivity contribution is 5.75. The van der Waals surface area contributed by atoms with Crippen molar-refractivity contribution >= 4 is 16.7 Å². The minimum Gasteiger partial charge on any atom is -0.399 e. The maximum atomic E-state index is 5.79. The molecule has 3 heterocycles. The molecule has 4 aromatic rings. The third-order valence-electron chi connectivity index (χ3n) is 5.60. The van der Waals surface area contributed by atoms with Crippen molar-refractivity contribution in [3.63, 3.8) is 0 Å². The topological polar surface area (TPSA) is 72.9 Å². The third kappa shape index (κ3) is 3.36. The van der Waals surface area contributed by atoms with Gasteiger partial charge in [0.15, 0.2) is 5.82 Å². The van der Waals surface area contributed by atoms with Crippen molar-refractivity contribution in [1.82, 2.24) is 24.4 Å². The number of imidazole rings is 1. The molecule has 0 saturated carbocycles. The van der Waals surface area contributed by atoms with Crippen LogP contribution in [-0.2, 0) is 26.1 Å². The molecule has 0 amide bonds. The fourth-order valence-electron chi connectivity index (χ4n) is 4.08. The molecule has 0 bridgehead atoms. The number of benzene rings is 2. The van der Waals surface area contributed by atoms with Crippen LogP contribution in [0.3, 0.4) is 0 Å². The molecule has 0 saturated heterocycles. The van der Waals surface area contributed by atoms with E-state index in [1.807, 2.05) is 36.5 Å². The molecule has 0 spiro atoms. The van der Waals surface area contributed by atoms with Crippen molar-refractivity contribution in [2.45, 2.75) is 33.0 Å². The Morgan fingerprint density at radius 1 is 1.03 bits per heavy atom. The molecule has 5 rings (SSSR count). The van der Waals surface area contributed by atoms with Gasteiger partial charge in [-0.05, 0) is 43.3 Å². The van der Waals surface area contributed by atoms with E-state index >= 15 is 0 Å². The first-order chi connectivity index (χ1) is 14.2. The normalized spacial score (nSPS) is 14.2. The number of rotatable bonds is 4. The Kier molecular flexibility index (Phi) is 4.48. The molecular formula is C23H24N6. The largest absolute Gasteiger partial charge is 0.399 e. The van der Waals surface area contributed by atoms with Gasteiger partial charge in [0.1, 0.15) is 5.82 Å². The van der Waals surface area contributed by atoms with Crippen LogP contribution in [0.4, 0.5) is 5.69 Å². The van der Waals surface area contributed by atoms with Crippen molar-refractivity contribution in [3.8, 4) is 11.4 Å². The number of nitrogen functional groups attached to an aromatic ring is 1. The molecule has 6 heteroatoms. The van der Waals surface area contributed by atoms with Crippen molar-refractivity contribution in [2.75, 3.05) is 12.3 Å². The van der Waals surface area contributed by atoms with Crippen molar-refractivity contribution < 1.29 is 0 Å². The molecule has 0 unspecified atom stereocenters. The monoisotopic (exact) mass is 384 g/mol. The quantitative estimate of drug-likeness (QED) is 0.544. The molecular weight excluding hydrogens is 360 g/mol. The van der Waals surface area contributed by atoms with E-state index in [1.165, 1.54) is 11.1 Å². The average Bonchev–Trinajstić information content (AvgIpc) is 3.11. The number of para-hydroxylation sites is 2. The number of aryl methyl sites for hydroxylation is 1. The maximum Gasteiger partial charge on any atom is 0.159 e. The van der Waals surface area contributed by atoms with E-state index < -0.39 is 0 Å². The summed E-state index contributed by atoms with van der Waals surface area (Å²) >= 11 is 0. The molecule has 1 aliphatic rings. The van der Waals surface area contributed by atoms with E-state index in [2.05, 4.69) is 39.6 Å². The Labute approximate surface area is 170 Å². The molecule has 0 radical (unpaired) electrons. The molecule has 1 aliphatic heterocycles.